The number of non-ortho nitro benzene ring substituents is 1. The Morgan fingerprint density at radius 1 is 1.38 bits per heavy atom. The van der Waals surface area contributed by atoms with E-state index in [9.17, 15) is 19.6 Å². The molecule has 9 heteroatoms. The molecular weight excluding hydrogens is 248 g/mol. The van der Waals surface area contributed by atoms with Gasteiger partial charge in [0.2, 0.25) is 0 Å². The Morgan fingerprint density at radius 3 is 2.25 bits per heavy atom. The molecule has 0 heterocycles. The molecule has 0 amide bonds. The second kappa shape index (κ2) is 6.45. The molecule has 1 aromatic rings. The summed E-state index contributed by atoms with van der Waals surface area (Å²) in [6.45, 7) is -3.94. The van der Waals surface area contributed by atoms with E-state index in [-0.39, 0.29) is 24.5 Å². The standard InChI is InChI=1S/C7H8NO5PS.Li/c1-13-14(11,12)15-7-4-2-6(3-5-7)8(9)10;/h2-5H,1H3,(H,11,12);/q;+1/p-1. The number of nitro groups is 1. The molecule has 1 rings (SSSR count). The van der Waals surface area contributed by atoms with Gasteiger partial charge in [0, 0.05) is 24.1 Å². The summed E-state index contributed by atoms with van der Waals surface area (Å²) in [5, 5.41) is 10.3. The molecule has 82 valence electrons. The maximum atomic E-state index is 11.0. The molecule has 0 radical (unpaired) electrons. The van der Waals surface area contributed by atoms with Crippen LogP contribution < -0.4 is 23.8 Å². The first kappa shape index (κ1) is 15.7. The Balaban J connectivity index is 0.00000225. The number of benzene rings is 1. The van der Waals surface area contributed by atoms with Crippen molar-refractivity contribution in [2.75, 3.05) is 7.11 Å². The molecule has 1 aromatic carbocycles. The molecule has 6 nitrogen and oxygen atoms in total. The maximum Gasteiger partial charge on any atom is 1.00 e. The average molecular weight is 255 g/mol. The van der Waals surface area contributed by atoms with Crippen LogP contribution in [0.25, 0.3) is 0 Å². The Bertz CT molecular complexity index is 412. The molecule has 0 saturated carbocycles. The van der Waals surface area contributed by atoms with Crippen molar-refractivity contribution in [3.63, 3.8) is 0 Å². The molecule has 0 bridgehead atoms. The van der Waals surface area contributed by atoms with E-state index in [1.54, 1.807) is 0 Å². The van der Waals surface area contributed by atoms with Gasteiger partial charge in [-0.05, 0) is 23.5 Å². The van der Waals surface area contributed by atoms with Gasteiger partial charge in [-0.25, -0.2) is 0 Å². The number of nitro benzene ring substituents is 1. The zero-order valence-electron chi connectivity index (χ0n) is 8.65. The fourth-order valence-electron chi connectivity index (χ4n) is 0.795. The first-order valence-electron chi connectivity index (χ1n) is 3.75. The van der Waals surface area contributed by atoms with Crippen molar-refractivity contribution in [1.29, 1.82) is 0 Å². The van der Waals surface area contributed by atoms with E-state index in [1.807, 2.05) is 0 Å². The normalized spacial score (nSPS) is 13.6. The summed E-state index contributed by atoms with van der Waals surface area (Å²) in [4.78, 5) is 21.2. The summed E-state index contributed by atoms with van der Waals surface area (Å²) in [7, 11) is 1.06. The molecule has 0 spiro atoms. The second-order valence-corrected chi connectivity index (χ2v) is 6.28. The molecule has 16 heavy (non-hydrogen) atoms. The molecule has 0 aliphatic heterocycles. The molecule has 0 aliphatic rings. The van der Waals surface area contributed by atoms with E-state index < -0.39 is 11.7 Å². The van der Waals surface area contributed by atoms with Gasteiger partial charge in [0.05, 0.1) is 4.92 Å². The first-order chi connectivity index (χ1) is 6.94. The molecule has 0 N–H and O–H groups in total. The summed E-state index contributed by atoms with van der Waals surface area (Å²) in [6, 6.07) is 5.18. The first-order valence-corrected chi connectivity index (χ1v) is 6.72. The Kier molecular flexibility index (Phi) is 6.34. The molecule has 0 saturated heterocycles. The van der Waals surface area contributed by atoms with E-state index in [0.29, 0.717) is 16.3 Å². The summed E-state index contributed by atoms with van der Waals surface area (Å²) in [5.74, 6) is 0. The maximum absolute atomic E-state index is 11.0. The third-order valence-electron chi connectivity index (χ3n) is 1.49. The van der Waals surface area contributed by atoms with E-state index in [4.69, 9.17) is 0 Å². The number of rotatable bonds is 4. The Labute approximate surface area is 108 Å². The monoisotopic (exact) mass is 255 g/mol. The molecule has 0 aromatic heterocycles. The van der Waals surface area contributed by atoms with Crippen LogP contribution in [0.15, 0.2) is 29.2 Å². The third-order valence-corrected chi connectivity index (χ3v) is 4.39. The van der Waals surface area contributed by atoms with Crippen molar-refractivity contribution in [1.82, 2.24) is 0 Å². The topological polar surface area (TPSA) is 92.5 Å². The van der Waals surface area contributed by atoms with Crippen LogP contribution in [-0.4, -0.2) is 12.0 Å². The predicted molar refractivity (Wildman–Crippen MR) is 53.6 cm³/mol. The molecule has 0 aliphatic carbocycles. The van der Waals surface area contributed by atoms with Gasteiger partial charge < -0.3 is 9.42 Å². The van der Waals surface area contributed by atoms with Crippen molar-refractivity contribution in [3.05, 3.63) is 34.4 Å². The van der Waals surface area contributed by atoms with Crippen molar-refractivity contribution in [2.45, 2.75) is 4.90 Å². The van der Waals surface area contributed by atoms with Crippen LogP contribution in [0.4, 0.5) is 5.69 Å². The SMILES string of the molecule is COP(=O)([O-])Sc1ccc([N+](=O)[O-])cc1.[Li+]. The van der Waals surface area contributed by atoms with E-state index in [2.05, 4.69) is 4.52 Å². The summed E-state index contributed by atoms with van der Waals surface area (Å²) in [5.41, 5.74) is -0.0856. The molecule has 1 unspecified atom stereocenters. The van der Waals surface area contributed by atoms with Crippen molar-refractivity contribution in [3.8, 4) is 0 Å². The molecule has 1 atom stereocenters. The minimum absolute atomic E-state index is 0. The minimum Gasteiger partial charge on any atom is -0.770 e. The zero-order valence-corrected chi connectivity index (χ0v) is 10.4. The van der Waals surface area contributed by atoms with Crippen LogP contribution in [0.3, 0.4) is 0 Å². The second-order valence-electron chi connectivity index (χ2n) is 2.47. The fraction of sp³-hybridized carbons (Fsp3) is 0.143. The van der Waals surface area contributed by atoms with Gasteiger partial charge in [0.25, 0.3) is 5.69 Å². The smallest absolute Gasteiger partial charge is 0.770 e. The van der Waals surface area contributed by atoms with Crippen molar-refractivity contribution in [2.24, 2.45) is 0 Å². The Morgan fingerprint density at radius 2 is 1.88 bits per heavy atom. The van der Waals surface area contributed by atoms with Gasteiger partial charge in [0.1, 0.15) is 0 Å². The van der Waals surface area contributed by atoms with Crippen molar-refractivity contribution < 1.29 is 37.8 Å². The molecular formula is C7H7LiNO5PS. The van der Waals surface area contributed by atoms with Gasteiger partial charge >= 0.3 is 18.9 Å². The van der Waals surface area contributed by atoms with Gasteiger partial charge in [-0.2, -0.15) is 0 Å². The summed E-state index contributed by atoms with van der Waals surface area (Å²) < 4.78 is 15.3. The quantitative estimate of drug-likeness (QED) is 0.290. The van der Waals surface area contributed by atoms with E-state index in [0.717, 1.165) is 7.11 Å². The fourth-order valence-corrected chi connectivity index (χ4v) is 2.75. The zero-order chi connectivity index (χ0) is 11.5. The number of nitrogens with zero attached hydrogens (tertiary/aromatic N) is 1. The van der Waals surface area contributed by atoms with Gasteiger partial charge in [-0.3, -0.25) is 14.7 Å². The number of hydrogen-bond acceptors (Lipinski definition) is 6. The van der Waals surface area contributed by atoms with Crippen LogP contribution in [-0.2, 0) is 9.09 Å². The van der Waals surface area contributed by atoms with E-state index in [1.165, 1.54) is 24.3 Å². The van der Waals surface area contributed by atoms with Crippen molar-refractivity contribution >= 4 is 23.9 Å². The Hall–Kier alpha value is -0.283. The van der Waals surface area contributed by atoms with Crippen LogP contribution in [0.5, 0.6) is 0 Å². The van der Waals surface area contributed by atoms with Crippen LogP contribution >= 0.6 is 18.2 Å². The van der Waals surface area contributed by atoms with Crippen LogP contribution in [0, 0.1) is 10.1 Å². The van der Waals surface area contributed by atoms with Gasteiger partial charge in [0.15, 0.2) is 6.80 Å². The predicted octanol–water partition coefficient (Wildman–Crippen LogP) is -1.19. The van der Waals surface area contributed by atoms with Gasteiger partial charge in [-0.15, -0.1) is 0 Å². The molecule has 0 fully saturated rings. The average Bonchev–Trinajstić information content (AvgIpc) is 2.18. The van der Waals surface area contributed by atoms with Crippen LogP contribution in [0.2, 0.25) is 0 Å². The van der Waals surface area contributed by atoms with Gasteiger partial charge in [-0.1, -0.05) is 0 Å². The third kappa shape index (κ3) is 4.70. The largest absolute Gasteiger partial charge is 1.00 e. The summed E-state index contributed by atoms with van der Waals surface area (Å²) >= 11 is 0.521. The van der Waals surface area contributed by atoms with E-state index >= 15 is 0 Å². The van der Waals surface area contributed by atoms with Crippen LogP contribution in [0.1, 0.15) is 0 Å². The summed E-state index contributed by atoms with van der Waals surface area (Å²) in [6.07, 6.45) is 0. The minimum atomic E-state index is -3.94. The number of hydrogen-bond donors (Lipinski definition) is 0.